The lowest BCUT2D eigenvalue weighted by Gasteiger charge is -2.11. The molecule has 0 aliphatic rings. The third-order valence-corrected chi connectivity index (χ3v) is 2.33. The lowest BCUT2D eigenvalue weighted by molar-refractivity contribution is 0.771. The maximum Gasteiger partial charge on any atom is 0.163 e. The number of rotatable bonds is 2. The SMILES string of the molecule is CC(C)c1c(Cl)ncnc1-n1cncn1. The number of aromatic nitrogens is 5. The van der Waals surface area contributed by atoms with Crippen molar-refractivity contribution in [3.63, 3.8) is 0 Å². The second-order valence-corrected chi connectivity index (χ2v) is 3.75. The lowest BCUT2D eigenvalue weighted by atomic mass is 10.1. The normalized spacial score (nSPS) is 10.9. The molecule has 5 nitrogen and oxygen atoms in total. The Bertz CT molecular complexity index is 452. The second kappa shape index (κ2) is 3.94. The molecule has 15 heavy (non-hydrogen) atoms. The maximum atomic E-state index is 6.03. The van der Waals surface area contributed by atoms with Crippen LogP contribution in [0.5, 0.6) is 0 Å². The van der Waals surface area contributed by atoms with Crippen LogP contribution in [0.1, 0.15) is 25.3 Å². The van der Waals surface area contributed by atoms with E-state index in [1.807, 2.05) is 13.8 Å². The van der Waals surface area contributed by atoms with E-state index in [0.29, 0.717) is 11.0 Å². The van der Waals surface area contributed by atoms with E-state index < -0.39 is 0 Å². The summed E-state index contributed by atoms with van der Waals surface area (Å²) < 4.78 is 1.59. The Labute approximate surface area is 92.2 Å². The Kier molecular flexibility index (Phi) is 2.64. The summed E-state index contributed by atoms with van der Waals surface area (Å²) in [4.78, 5) is 12.0. The molecule has 0 aliphatic carbocycles. The predicted octanol–water partition coefficient (Wildman–Crippen LogP) is 1.83. The van der Waals surface area contributed by atoms with Crippen molar-refractivity contribution in [1.82, 2.24) is 24.7 Å². The molecule has 0 saturated heterocycles. The lowest BCUT2D eigenvalue weighted by Crippen LogP contribution is -2.06. The summed E-state index contributed by atoms with van der Waals surface area (Å²) in [7, 11) is 0. The third kappa shape index (κ3) is 1.83. The molecule has 0 atom stereocenters. The van der Waals surface area contributed by atoms with Gasteiger partial charge < -0.3 is 0 Å². The van der Waals surface area contributed by atoms with Crippen molar-refractivity contribution < 1.29 is 0 Å². The Morgan fingerprint density at radius 3 is 2.67 bits per heavy atom. The van der Waals surface area contributed by atoms with Gasteiger partial charge in [-0.1, -0.05) is 25.4 Å². The number of hydrogen-bond donors (Lipinski definition) is 0. The summed E-state index contributed by atoms with van der Waals surface area (Å²) in [6, 6.07) is 0. The fourth-order valence-corrected chi connectivity index (χ4v) is 1.71. The minimum absolute atomic E-state index is 0.234. The fraction of sp³-hybridized carbons (Fsp3) is 0.333. The molecule has 0 saturated carbocycles. The molecular weight excluding hydrogens is 214 g/mol. The number of hydrogen-bond acceptors (Lipinski definition) is 4. The van der Waals surface area contributed by atoms with Crippen molar-refractivity contribution in [2.75, 3.05) is 0 Å². The maximum absolute atomic E-state index is 6.03. The van der Waals surface area contributed by atoms with Crippen molar-refractivity contribution in [3.05, 3.63) is 29.7 Å². The molecule has 2 aromatic heterocycles. The summed E-state index contributed by atoms with van der Waals surface area (Å²) in [5, 5.41) is 4.49. The molecule has 0 spiro atoms. The molecule has 2 aromatic rings. The summed E-state index contributed by atoms with van der Waals surface area (Å²) in [6.07, 6.45) is 4.47. The van der Waals surface area contributed by atoms with E-state index in [9.17, 15) is 0 Å². The Morgan fingerprint density at radius 1 is 1.27 bits per heavy atom. The molecule has 0 radical (unpaired) electrons. The van der Waals surface area contributed by atoms with Gasteiger partial charge in [-0.25, -0.2) is 19.6 Å². The van der Waals surface area contributed by atoms with Gasteiger partial charge in [-0.3, -0.25) is 0 Å². The third-order valence-electron chi connectivity index (χ3n) is 2.03. The van der Waals surface area contributed by atoms with E-state index in [4.69, 9.17) is 11.6 Å². The van der Waals surface area contributed by atoms with Gasteiger partial charge in [0.1, 0.15) is 24.1 Å². The highest BCUT2D eigenvalue weighted by Crippen LogP contribution is 2.26. The second-order valence-electron chi connectivity index (χ2n) is 3.40. The van der Waals surface area contributed by atoms with Gasteiger partial charge in [0.05, 0.1) is 0 Å². The van der Waals surface area contributed by atoms with Crippen LogP contribution in [0.4, 0.5) is 0 Å². The molecular formula is C9H10ClN5. The van der Waals surface area contributed by atoms with Gasteiger partial charge in [0.25, 0.3) is 0 Å². The molecule has 0 N–H and O–H groups in total. The molecule has 0 fully saturated rings. The minimum Gasteiger partial charge on any atom is -0.224 e. The molecule has 2 heterocycles. The fourth-order valence-electron chi connectivity index (χ4n) is 1.36. The van der Waals surface area contributed by atoms with Gasteiger partial charge >= 0.3 is 0 Å². The highest BCUT2D eigenvalue weighted by molar-refractivity contribution is 6.30. The van der Waals surface area contributed by atoms with Crippen LogP contribution in [-0.4, -0.2) is 24.7 Å². The highest BCUT2D eigenvalue weighted by atomic mass is 35.5. The number of halogens is 1. The number of nitrogens with zero attached hydrogens (tertiary/aromatic N) is 5. The zero-order valence-corrected chi connectivity index (χ0v) is 9.18. The smallest absolute Gasteiger partial charge is 0.163 e. The quantitative estimate of drug-likeness (QED) is 0.729. The average Bonchev–Trinajstić information content (AvgIpc) is 2.69. The van der Waals surface area contributed by atoms with Crippen LogP contribution < -0.4 is 0 Å². The summed E-state index contributed by atoms with van der Waals surface area (Å²) in [5.74, 6) is 0.917. The van der Waals surface area contributed by atoms with Gasteiger partial charge in [-0.2, -0.15) is 5.10 Å². The minimum atomic E-state index is 0.234. The average molecular weight is 224 g/mol. The first-order valence-electron chi connectivity index (χ1n) is 4.55. The van der Waals surface area contributed by atoms with E-state index >= 15 is 0 Å². The molecule has 6 heteroatoms. The first-order chi connectivity index (χ1) is 7.20. The van der Waals surface area contributed by atoms with Crippen LogP contribution >= 0.6 is 11.6 Å². The van der Waals surface area contributed by atoms with Crippen LogP contribution in [0.15, 0.2) is 19.0 Å². The molecule has 0 aliphatic heterocycles. The Morgan fingerprint density at radius 2 is 2.07 bits per heavy atom. The van der Waals surface area contributed by atoms with E-state index in [0.717, 1.165) is 5.56 Å². The van der Waals surface area contributed by atoms with Crippen molar-refractivity contribution in [2.24, 2.45) is 0 Å². The predicted molar refractivity (Wildman–Crippen MR) is 56.0 cm³/mol. The van der Waals surface area contributed by atoms with Crippen LogP contribution in [0.2, 0.25) is 5.15 Å². The van der Waals surface area contributed by atoms with Crippen LogP contribution in [0.3, 0.4) is 0 Å². The van der Waals surface area contributed by atoms with E-state index in [1.165, 1.54) is 12.7 Å². The molecule has 0 amide bonds. The molecule has 78 valence electrons. The van der Waals surface area contributed by atoms with Gasteiger partial charge in [0, 0.05) is 5.56 Å². The zero-order chi connectivity index (χ0) is 10.8. The van der Waals surface area contributed by atoms with Gasteiger partial charge in [-0.15, -0.1) is 0 Å². The summed E-state index contributed by atoms with van der Waals surface area (Å²) in [6.45, 7) is 4.07. The van der Waals surface area contributed by atoms with Crippen molar-refractivity contribution in [1.29, 1.82) is 0 Å². The highest BCUT2D eigenvalue weighted by Gasteiger charge is 2.15. The zero-order valence-electron chi connectivity index (χ0n) is 8.42. The van der Waals surface area contributed by atoms with E-state index in [-0.39, 0.29) is 5.92 Å². The summed E-state index contributed by atoms with van der Waals surface area (Å²) >= 11 is 6.03. The first kappa shape index (κ1) is 10.0. The van der Waals surface area contributed by atoms with Crippen LogP contribution in [-0.2, 0) is 0 Å². The van der Waals surface area contributed by atoms with Crippen molar-refractivity contribution >= 4 is 11.6 Å². The monoisotopic (exact) mass is 223 g/mol. The summed E-state index contributed by atoms with van der Waals surface area (Å²) in [5.41, 5.74) is 0.879. The van der Waals surface area contributed by atoms with Crippen molar-refractivity contribution in [2.45, 2.75) is 19.8 Å². The molecule has 0 unspecified atom stereocenters. The standard InChI is InChI=1S/C9H10ClN5/c1-6(2)7-8(10)12-4-13-9(7)15-5-11-3-14-15/h3-6H,1-2H3. The Balaban J connectivity index is 2.61. The van der Waals surface area contributed by atoms with Crippen LogP contribution in [0.25, 0.3) is 5.82 Å². The Hall–Kier alpha value is -1.49. The van der Waals surface area contributed by atoms with Crippen LogP contribution in [0, 0.1) is 0 Å². The molecule has 2 rings (SSSR count). The van der Waals surface area contributed by atoms with E-state index in [2.05, 4.69) is 20.1 Å². The first-order valence-corrected chi connectivity index (χ1v) is 4.93. The van der Waals surface area contributed by atoms with Gasteiger partial charge in [-0.05, 0) is 5.92 Å². The van der Waals surface area contributed by atoms with E-state index in [1.54, 1.807) is 11.0 Å². The molecule has 0 aromatic carbocycles. The van der Waals surface area contributed by atoms with Gasteiger partial charge in [0.2, 0.25) is 0 Å². The van der Waals surface area contributed by atoms with Gasteiger partial charge in [0.15, 0.2) is 5.82 Å². The van der Waals surface area contributed by atoms with Crippen molar-refractivity contribution in [3.8, 4) is 5.82 Å². The molecule has 0 bridgehead atoms. The topological polar surface area (TPSA) is 56.5 Å². The largest absolute Gasteiger partial charge is 0.224 e.